The standard InChI is InChI=1S/C22H24O2/c1-16(2)24-22(23)19-13-14-20(17-9-5-3-6-10-17)21(15-19)18-11-7-4-8-12-18/h3-12,16,19H,13-15H2,1-2H3. The molecule has 1 atom stereocenters. The van der Waals surface area contributed by atoms with Gasteiger partial charge in [-0.1, -0.05) is 60.7 Å². The predicted octanol–water partition coefficient (Wildman–Crippen LogP) is 5.35. The highest BCUT2D eigenvalue weighted by molar-refractivity contribution is 5.93. The third-order valence-electron chi connectivity index (χ3n) is 4.49. The van der Waals surface area contributed by atoms with Crippen LogP contribution in [0.25, 0.3) is 11.1 Å². The van der Waals surface area contributed by atoms with Crippen molar-refractivity contribution in [1.82, 2.24) is 0 Å². The highest BCUT2D eigenvalue weighted by Crippen LogP contribution is 2.41. The average Bonchev–Trinajstić information content (AvgIpc) is 2.62. The van der Waals surface area contributed by atoms with Crippen molar-refractivity contribution in [2.24, 2.45) is 5.92 Å². The van der Waals surface area contributed by atoms with Gasteiger partial charge in [0.2, 0.25) is 0 Å². The highest BCUT2D eigenvalue weighted by Gasteiger charge is 2.29. The Labute approximate surface area is 144 Å². The van der Waals surface area contributed by atoms with Crippen molar-refractivity contribution >= 4 is 17.1 Å². The number of hydrogen-bond donors (Lipinski definition) is 0. The normalized spacial score (nSPS) is 17.9. The summed E-state index contributed by atoms with van der Waals surface area (Å²) in [6, 6.07) is 20.9. The van der Waals surface area contributed by atoms with Crippen molar-refractivity contribution in [3.8, 4) is 0 Å². The minimum atomic E-state index is -0.0643. The third-order valence-corrected chi connectivity index (χ3v) is 4.49. The molecule has 0 saturated heterocycles. The van der Waals surface area contributed by atoms with E-state index in [0.717, 1.165) is 19.3 Å². The van der Waals surface area contributed by atoms with Gasteiger partial charge in [-0.2, -0.15) is 0 Å². The zero-order valence-corrected chi connectivity index (χ0v) is 14.4. The molecule has 0 radical (unpaired) electrons. The fourth-order valence-electron chi connectivity index (χ4n) is 3.36. The summed E-state index contributed by atoms with van der Waals surface area (Å²) in [5, 5.41) is 0. The molecule has 24 heavy (non-hydrogen) atoms. The molecular weight excluding hydrogens is 296 g/mol. The minimum absolute atomic E-state index is 0.0462. The molecule has 2 aromatic carbocycles. The van der Waals surface area contributed by atoms with Gasteiger partial charge in [0, 0.05) is 0 Å². The molecule has 0 spiro atoms. The van der Waals surface area contributed by atoms with Crippen LogP contribution in [0.2, 0.25) is 0 Å². The average molecular weight is 320 g/mol. The second kappa shape index (κ2) is 7.48. The molecule has 1 unspecified atom stereocenters. The van der Waals surface area contributed by atoms with Gasteiger partial charge in [-0.05, 0) is 55.4 Å². The first kappa shape index (κ1) is 16.5. The highest BCUT2D eigenvalue weighted by atomic mass is 16.5. The van der Waals surface area contributed by atoms with E-state index in [1.807, 2.05) is 26.0 Å². The maximum Gasteiger partial charge on any atom is 0.309 e. The van der Waals surface area contributed by atoms with Crippen LogP contribution < -0.4 is 0 Å². The van der Waals surface area contributed by atoms with Gasteiger partial charge in [-0.15, -0.1) is 0 Å². The number of hydrogen-bond acceptors (Lipinski definition) is 2. The Bertz CT molecular complexity index is 714. The van der Waals surface area contributed by atoms with Gasteiger partial charge in [0.05, 0.1) is 12.0 Å². The zero-order valence-electron chi connectivity index (χ0n) is 14.4. The van der Waals surface area contributed by atoms with Crippen LogP contribution in [0.1, 0.15) is 44.2 Å². The maximum atomic E-state index is 12.4. The first-order valence-electron chi connectivity index (χ1n) is 8.68. The van der Waals surface area contributed by atoms with E-state index in [0.29, 0.717) is 0 Å². The van der Waals surface area contributed by atoms with Crippen molar-refractivity contribution in [1.29, 1.82) is 0 Å². The molecule has 2 heteroatoms. The van der Waals surface area contributed by atoms with Gasteiger partial charge in [-0.3, -0.25) is 4.79 Å². The maximum absolute atomic E-state index is 12.4. The molecule has 2 nitrogen and oxygen atoms in total. The van der Waals surface area contributed by atoms with Gasteiger partial charge < -0.3 is 4.74 Å². The van der Waals surface area contributed by atoms with E-state index in [9.17, 15) is 4.79 Å². The number of allylic oxidation sites excluding steroid dienone is 2. The summed E-state index contributed by atoms with van der Waals surface area (Å²) in [7, 11) is 0. The number of carbonyl (C=O) groups is 1. The first-order chi connectivity index (χ1) is 11.6. The van der Waals surface area contributed by atoms with Crippen LogP contribution in [0.4, 0.5) is 0 Å². The molecule has 124 valence electrons. The molecule has 0 aromatic heterocycles. The lowest BCUT2D eigenvalue weighted by Gasteiger charge is -2.27. The van der Waals surface area contributed by atoms with Crippen LogP contribution in [0.15, 0.2) is 60.7 Å². The molecule has 0 N–H and O–H groups in total. The fourth-order valence-corrected chi connectivity index (χ4v) is 3.36. The summed E-state index contributed by atoms with van der Waals surface area (Å²) in [5.74, 6) is -0.111. The van der Waals surface area contributed by atoms with Crippen LogP contribution in [0.5, 0.6) is 0 Å². The molecular formula is C22H24O2. The summed E-state index contributed by atoms with van der Waals surface area (Å²) in [6.45, 7) is 3.81. The lowest BCUT2D eigenvalue weighted by molar-refractivity contribution is -0.152. The Balaban J connectivity index is 1.96. The topological polar surface area (TPSA) is 26.3 Å². The van der Waals surface area contributed by atoms with E-state index in [2.05, 4.69) is 48.5 Å². The second-order valence-electron chi connectivity index (χ2n) is 6.61. The largest absolute Gasteiger partial charge is 0.463 e. The number of rotatable bonds is 4. The summed E-state index contributed by atoms with van der Waals surface area (Å²) in [4.78, 5) is 12.4. The van der Waals surface area contributed by atoms with Crippen LogP contribution in [0, 0.1) is 5.92 Å². The Kier molecular flexibility index (Phi) is 5.14. The number of benzene rings is 2. The predicted molar refractivity (Wildman–Crippen MR) is 98.3 cm³/mol. The van der Waals surface area contributed by atoms with Crippen LogP contribution in [0.3, 0.4) is 0 Å². The van der Waals surface area contributed by atoms with Crippen molar-refractivity contribution in [2.45, 2.75) is 39.2 Å². The van der Waals surface area contributed by atoms with Crippen molar-refractivity contribution < 1.29 is 9.53 Å². The molecule has 2 aromatic rings. The summed E-state index contributed by atoms with van der Waals surface area (Å²) >= 11 is 0. The van der Waals surface area contributed by atoms with Gasteiger partial charge in [-0.25, -0.2) is 0 Å². The first-order valence-corrected chi connectivity index (χ1v) is 8.68. The third kappa shape index (κ3) is 3.76. The van der Waals surface area contributed by atoms with Crippen molar-refractivity contribution in [3.63, 3.8) is 0 Å². The number of carbonyl (C=O) groups excluding carboxylic acids is 1. The van der Waals surface area contributed by atoms with E-state index in [-0.39, 0.29) is 18.0 Å². The van der Waals surface area contributed by atoms with E-state index < -0.39 is 0 Å². The fraction of sp³-hybridized carbons (Fsp3) is 0.318. The molecule has 0 aliphatic heterocycles. The van der Waals surface area contributed by atoms with Gasteiger partial charge >= 0.3 is 5.97 Å². The van der Waals surface area contributed by atoms with Gasteiger partial charge in [0.25, 0.3) is 0 Å². The molecule has 1 aliphatic carbocycles. The molecule has 0 bridgehead atoms. The van der Waals surface area contributed by atoms with Crippen LogP contribution >= 0.6 is 0 Å². The molecule has 0 heterocycles. The Morgan fingerprint density at radius 3 is 2.00 bits per heavy atom. The Hall–Kier alpha value is -2.35. The van der Waals surface area contributed by atoms with Gasteiger partial charge in [0.15, 0.2) is 0 Å². The monoisotopic (exact) mass is 320 g/mol. The lowest BCUT2D eigenvalue weighted by atomic mass is 9.78. The SMILES string of the molecule is CC(C)OC(=O)C1CCC(c2ccccc2)=C(c2ccccc2)C1. The molecule has 1 aliphatic rings. The summed E-state index contributed by atoms with van der Waals surface area (Å²) < 4.78 is 5.45. The van der Waals surface area contributed by atoms with E-state index in [4.69, 9.17) is 4.74 Å². The Morgan fingerprint density at radius 1 is 0.917 bits per heavy atom. The van der Waals surface area contributed by atoms with E-state index in [1.54, 1.807) is 0 Å². The van der Waals surface area contributed by atoms with Gasteiger partial charge in [0.1, 0.15) is 0 Å². The zero-order chi connectivity index (χ0) is 16.9. The number of ether oxygens (including phenoxy) is 1. The van der Waals surface area contributed by atoms with Crippen LogP contribution in [-0.2, 0) is 9.53 Å². The van der Waals surface area contributed by atoms with Crippen molar-refractivity contribution in [3.05, 3.63) is 71.8 Å². The summed E-state index contributed by atoms with van der Waals surface area (Å²) in [6.07, 6.45) is 2.45. The second-order valence-corrected chi connectivity index (χ2v) is 6.61. The van der Waals surface area contributed by atoms with E-state index >= 15 is 0 Å². The Morgan fingerprint density at radius 2 is 1.46 bits per heavy atom. The van der Waals surface area contributed by atoms with E-state index in [1.165, 1.54) is 22.3 Å². The molecule has 0 saturated carbocycles. The summed E-state index contributed by atoms with van der Waals surface area (Å²) in [5.41, 5.74) is 5.10. The number of esters is 1. The van der Waals surface area contributed by atoms with Crippen LogP contribution in [-0.4, -0.2) is 12.1 Å². The molecule has 0 fully saturated rings. The lowest BCUT2D eigenvalue weighted by Crippen LogP contribution is -2.24. The minimum Gasteiger partial charge on any atom is -0.463 e. The molecule has 0 amide bonds. The molecule has 3 rings (SSSR count). The van der Waals surface area contributed by atoms with Crippen molar-refractivity contribution in [2.75, 3.05) is 0 Å². The quantitative estimate of drug-likeness (QED) is 0.710. The smallest absolute Gasteiger partial charge is 0.309 e.